The van der Waals surface area contributed by atoms with E-state index in [9.17, 15) is 0 Å². The molecule has 0 heteroatoms. The van der Waals surface area contributed by atoms with Crippen LogP contribution < -0.4 is 0 Å². The third kappa shape index (κ3) is 2.03. The minimum Gasteiger partial charge on any atom is -0.0760 e. The van der Waals surface area contributed by atoms with Gasteiger partial charge in [0.05, 0.1) is 0 Å². The summed E-state index contributed by atoms with van der Waals surface area (Å²) in [6.45, 7) is 2.13. The molecule has 1 aliphatic rings. The summed E-state index contributed by atoms with van der Waals surface area (Å²) in [5.74, 6) is 0.550. The highest BCUT2D eigenvalue weighted by atomic mass is 14.2. The van der Waals surface area contributed by atoms with Crippen LogP contribution in [0.15, 0.2) is 54.6 Å². The van der Waals surface area contributed by atoms with Crippen molar-refractivity contribution in [3.8, 4) is 0 Å². The summed E-state index contributed by atoms with van der Waals surface area (Å²) in [5.41, 5.74) is 5.59. The van der Waals surface area contributed by atoms with E-state index >= 15 is 0 Å². The smallest absolute Gasteiger partial charge is 0.00676 e. The molecule has 0 radical (unpaired) electrons. The molecule has 0 amide bonds. The number of allylic oxidation sites excluding steroid dienone is 1. The lowest BCUT2D eigenvalue weighted by Crippen LogP contribution is -1.98. The first kappa shape index (κ1) is 10.3. The van der Waals surface area contributed by atoms with Gasteiger partial charge in [-0.1, -0.05) is 66.2 Å². The van der Waals surface area contributed by atoms with Crippen molar-refractivity contribution in [2.75, 3.05) is 0 Å². The summed E-state index contributed by atoms with van der Waals surface area (Å²) < 4.78 is 0. The SMILES string of the molecule is Cc1ccc(CC2C=Cc3ccccc32)cc1. The average molecular weight is 220 g/mol. The van der Waals surface area contributed by atoms with Crippen molar-refractivity contribution in [2.45, 2.75) is 19.3 Å². The van der Waals surface area contributed by atoms with Gasteiger partial charge in [-0.05, 0) is 30.0 Å². The maximum absolute atomic E-state index is 2.32. The third-order valence-electron chi connectivity index (χ3n) is 3.48. The van der Waals surface area contributed by atoms with E-state index in [0.717, 1.165) is 6.42 Å². The van der Waals surface area contributed by atoms with Crippen molar-refractivity contribution >= 4 is 6.08 Å². The molecule has 0 heterocycles. The minimum absolute atomic E-state index is 0.550. The summed E-state index contributed by atoms with van der Waals surface area (Å²) in [5, 5.41) is 0. The molecule has 1 aliphatic carbocycles. The highest BCUT2D eigenvalue weighted by Crippen LogP contribution is 2.32. The summed E-state index contributed by atoms with van der Waals surface area (Å²) >= 11 is 0. The van der Waals surface area contributed by atoms with Crippen molar-refractivity contribution in [3.05, 3.63) is 76.9 Å². The first-order chi connectivity index (χ1) is 8.33. The summed E-state index contributed by atoms with van der Waals surface area (Å²) in [4.78, 5) is 0. The molecule has 17 heavy (non-hydrogen) atoms. The van der Waals surface area contributed by atoms with Crippen molar-refractivity contribution in [1.82, 2.24) is 0 Å². The van der Waals surface area contributed by atoms with E-state index in [-0.39, 0.29) is 0 Å². The van der Waals surface area contributed by atoms with Gasteiger partial charge in [0.2, 0.25) is 0 Å². The molecule has 3 rings (SSSR count). The Bertz CT molecular complexity index is 547. The van der Waals surface area contributed by atoms with Gasteiger partial charge < -0.3 is 0 Å². The van der Waals surface area contributed by atoms with Crippen LogP contribution in [0.4, 0.5) is 0 Å². The van der Waals surface area contributed by atoms with Gasteiger partial charge in [0.25, 0.3) is 0 Å². The molecule has 0 bridgehead atoms. The van der Waals surface area contributed by atoms with Gasteiger partial charge in [-0.25, -0.2) is 0 Å². The molecule has 0 fully saturated rings. The highest BCUT2D eigenvalue weighted by molar-refractivity contribution is 5.62. The molecule has 2 aromatic rings. The normalized spacial score (nSPS) is 17.1. The Morgan fingerprint density at radius 2 is 1.71 bits per heavy atom. The lowest BCUT2D eigenvalue weighted by Gasteiger charge is -2.11. The Kier molecular flexibility index (Phi) is 2.56. The van der Waals surface area contributed by atoms with E-state index in [0.29, 0.717) is 5.92 Å². The van der Waals surface area contributed by atoms with Crippen LogP contribution >= 0.6 is 0 Å². The van der Waals surface area contributed by atoms with Gasteiger partial charge in [0.1, 0.15) is 0 Å². The van der Waals surface area contributed by atoms with Crippen LogP contribution in [0.25, 0.3) is 6.08 Å². The number of hydrogen-bond acceptors (Lipinski definition) is 0. The highest BCUT2D eigenvalue weighted by Gasteiger charge is 2.16. The van der Waals surface area contributed by atoms with E-state index < -0.39 is 0 Å². The van der Waals surface area contributed by atoms with Crippen LogP contribution in [-0.4, -0.2) is 0 Å². The quantitative estimate of drug-likeness (QED) is 0.706. The van der Waals surface area contributed by atoms with Crippen molar-refractivity contribution in [3.63, 3.8) is 0 Å². The number of benzene rings is 2. The van der Waals surface area contributed by atoms with Crippen molar-refractivity contribution < 1.29 is 0 Å². The van der Waals surface area contributed by atoms with Crippen LogP contribution in [0.3, 0.4) is 0 Å². The maximum Gasteiger partial charge on any atom is 0.00676 e. The maximum atomic E-state index is 2.32. The predicted molar refractivity (Wildman–Crippen MR) is 73.1 cm³/mol. The number of rotatable bonds is 2. The predicted octanol–water partition coefficient (Wildman–Crippen LogP) is 4.35. The van der Waals surface area contributed by atoms with Gasteiger partial charge in [0, 0.05) is 5.92 Å². The fourth-order valence-corrected chi connectivity index (χ4v) is 2.48. The number of hydrogen-bond donors (Lipinski definition) is 0. The van der Waals surface area contributed by atoms with Crippen molar-refractivity contribution in [1.29, 1.82) is 0 Å². The molecule has 1 atom stereocenters. The van der Waals surface area contributed by atoms with E-state index in [2.05, 4.69) is 67.6 Å². The standard InChI is InChI=1S/C17H16/c1-13-6-8-14(9-7-13)12-16-11-10-15-4-2-3-5-17(15)16/h2-11,16H,12H2,1H3. The van der Waals surface area contributed by atoms with Gasteiger partial charge >= 0.3 is 0 Å². The lowest BCUT2D eigenvalue weighted by molar-refractivity contribution is 0.850. The molecular weight excluding hydrogens is 204 g/mol. The third-order valence-corrected chi connectivity index (χ3v) is 3.48. The number of aryl methyl sites for hydroxylation is 1. The molecular formula is C17H16. The summed E-state index contributed by atoms with van der Waals surface area (Å²) in [7, 11) is 0. The Morgan fingerprint density at radius 1 is 0.941 bits per heavy atom. The number of fused-ring (bicyclic) bond motifs is 1. The van der Waals surface area contributed by atoms with E-state index in [1.165, 1.54) is 22.3 Å². The van der Waals surface area contributed by atoms with Gasteiger partial charge in [-0.3, -0.25) is 0 Å². The zero-order chi connectivity index (χ0) is 11.7. The van der Waals surface area contributed by atoms with E-state index in [1.807, 2.05) is 0 Å². The Balaban J connectivity index is 1.84. The zero-order valence-corrected chi connectivity index (χ0v) is 10.1. The molecule has 0 N–H and O–H groups in total. The summed E-state index contributed by atoms with van der Waals surface area (Å²) in [6, 6.07) is 17.6. The monoisotopic (exact) mass is 220 g/mol. The van der Waals surface area contributed by atoms with Crippen LogP contribution in [0.1, 0.15) is 28.2 Å². The second-order valence-corrected chi connectivity index (χ2v) is 4.78. The van der Waals surface area contributed by atoms with Crippen LogP contribution in [-0.2, 0) is 6.42 Å². The molecule has 0 nitrogen and oxygen atoms in total. The second-order valence-electron chi connectivity index (χ2n) is 4.78. The first-order valence-electron chi connectivity index (χ1n) is 6.15. The molecule has 0 aromatic heterocycles. The molecule has 2 aromatic carbocycles. The van der Waals surface area contributed by atoms with Gasteiger partial charge in [0.15, 0.2) is 0 Å². The van der Waals surface area contributed by atoms with Crippen LogP contribution in [0.5, 0.6) is 0 Å². The molecule has 1 unspecified atom stereocenters. The van der Waals surface area contributed by atoms with Gasteiger partial charge in [-0.2, -0.15) is 0 Å². The fraction of sp³-hybridized carbons (Fsp3) is 0.176. The lowest BCUT2D eigenvalue weighted by atomic mass is 9.93. The fourth-order valence-electron chi connectivity index (χ4n) is 2.48. The van der Waals surface area contributed by atoms with Gasteiger partial charge in [-0.15, -0.1) is 0 Å². The first-order valence-corrected chi connectivity index (χ1v) is 6.15. The Hall–Kier alpha value is -1.82. The Morgan fingerprint density at radius 3 is 2.53 bits per heavy atom. The largest absolute Gasteiger partial charge is 0.0760 e. The summed E-state index contributed by atoms with van der Waals surface area (Å²) in [6.07, 6.45) is 5.67. The van der Waals surface area contributed by atoms with Crippen LogP contribution in [0.2, 0.25) is 0 Å². The zero-order valence-electron chi connectivity index (χ0n) is 10.1. The molecule has 84 valence electrons. The molecule has 0 saturated carbocycles. The van der Waals surface area contributed by atoms with E-state index in [4.69, 9.17) is 0 Å². The molecule has 0 spiro atoms. The van der Waals surface area contributed by atoms with Crippen LogP contribution in [0, 0.1) is 6.92 Å². The second kappa shape index (κ2) is 4.21. The Labute approximate surface area is 103 Å². The average Bonchev–Trinajstić information content (AvgIpc) is 2.76. The molecule has 0 aliphatic heterocycles. The topological polar surface area (TPSA) is 0 Å². The molecule has 0 saturated heterocycles. The minimum atomic E-state index is 0.550. The van der Waals surface area contributed by atoms with E-state index in [1.54, 1.807) is 0 Å². The van der Waals surface area contributed by atoms with Crippen molar-refractivity contribution in [2.24, 2.45) is 0 Å².